The van der Waals surface area contributed by atoms with E-state index in [4.69, 9.17) is 0 Å². The van der Waals surface area contributed by atoms with Crippen LogP contribution in [0.3, 0.4) is 0 Å². The highest BCUT2D eigenvalue weighted by Crippen LogP contribution is 2.21. The second kappa shape index (κ2) is 8.64. The first kappa shape index (κ1) is 16.6. The van der Waals surface area contributed by atoms with Gasteiger partial charge in [-0.2, -0.15) is 0 Å². The number of unbranched alkanes of at least 4 members (excludes halogenated alkanes) is 3. The Morgan fingerprint density at radius 2 is 1.95 bits per heavy atom. The number of benzene rings is 1. The first-order chi connectivity index (χ1) is 9.06. The normalized spacial score (nSPS) is 12.7. The van der Waals surface area contributed by atoms with E-state index >= 15 is 0 Å². The van der Waals surface area contributed by atoms with Crippen LogP contribution in [0, 0.1) is 11.6 Å². The van der Waals surface area contributed by atoms with Gasteiger partial charge in [0.15, 0.2) is 0 Å². The maximum atomic E-state index is 13.7. The van der Waals surface area contributed by atoms with Gasteiger partial charge in [-0.1, -0.05) is 32.6 Å². The van der Waals surface area contributed by atoms with Crippen LogP contribution in [-0.4, -0.2) is 6.04 Å². The molecule has 0 saturated carbocycles. The number of rotatable bonds is 8. The van der Waals surface area contributed by atoms with Crippen LogP contribution in [0.1, 0.15) is 51.5 Å². The number of halogens is 3. The average Bonchev–Trinajstić information content (AvgIpc) is 2.39. The fourth-order valence-corrected chi connectivity index (χ4v) is 2.36. The van der Waals surface area contributed by atoms with Crippen molar-refractivity contribution in [2.45, 2.75) is 58.5 Å². The van der Waals surface area contributed by atoms with Crippen LogP contribution in [0.4, 0.5) is 8.78 Å². The Balaban J connectivity index is 2.42. The average molecular weight is 334 g/mol. The topological polar surface area (TPSA) is 12.0 Å². The summed E-state index contributed by atoms with van der Waals surface area (Å²) in [6.07, 6.45) is 5.89. The van der Waals surface area contributed by atoms with Gasteiger partial charge in [-0.15, -0.1) is 0 Å². The Bertz CT molecular complexity index is 396. The Labute approximate surface area is 122 Å². The third-order valence-electron chi connectivity index (χ3n) is 3.26. The lowest BCUT2D eigenvalue weighted by Gasteiger charge is -2.14. The Morgan fingerprint density at radius 3 is 2.63 bits per heavy atom. The smallest absolute Gasteiger partial charge is 0.144 e. The van der Waals surface area contributed by atoms with E-state index in [1.807, 2.05) is 0 Å². The summed E-state index contributed by atoms with van der Waals surface area (Å²) < 4.78 is 27.6. The van der Waals surface area contributed by atoms with Crippen molar-refractivity contribution in [3.63, 3.8) is 0 Å². The van der Waals surface area contributed by atoms with Crippen molar-refractivity contribution in [3.05, 3.63) is 33.8 Å². The van der Waals surface area contributed by atoms with Crippen LogP contribution >= 0.6 is 15.9 Å². The first-order valence-corrected chi connectivity index (χ1v) is 7.71. The first-order valence-electron chi connectivity index (χ1n) is 6.92. The molecule has 1 unspecified atom stereocenters. The Morgan fingerprint density at radius 1 is 1.21 bits per heavy atom. The maximum absolute atomic E-state index is 13.7. The van der Waals surface area contributed by atoms with Crippen molar-refractivity contribution in [1.82, 2.24) is 5.32 Å². The number of nitrogens with one attached hydrogen (secondary N) is 1. The molecule has 1 atom stereocenters. The summed E-state index contributed by atoms with van der Waals surface area (Å²) in [5.41, 5.74) is 0.106. The molecule has 0 amide bonds. The molecule has 1 rings (SSSR count). The van der Waals surface area contributed by atoms with E-state index in [1.54, 1.807) is 0 Å². The van der Waals surface area contributed by atoms with E-state index in [9.17, 15) is 8.78 Å². The van der Waals surface area contributed by atoms with Crippen LogP contribution in [0.2, 0.25) is 0 Å². The van der Waals surface area contributed by atoms with Gasteiger partial charge in [0, 0.05) is 18.2 Å². The zero-order valence-corrected chi connectivity index (χ0v) is 13.2. The van der Waals surface area contributed by atoms with Gasteiger partial charge < -0.3 is 5.32 Å². The van der Waals surface area contributed by atoms with Gasteiger partial charge in [-0.3, -0.25) is 0 Å². The summed E-state index contributed by atoms with van der Waals surface area (Å²) in [7, 11) is 0. The predicted molar refractivity (Wildman–Crippen MR) is 79.1 cm³/mol. The minimum atomic E-state index is -0.509. The molecule has 0 aliphatic heterocycles. The highest BCUT2D eigenvalue weighted by molar-refractivity contribution is 9.10. The molecule has 0 heterocycles. The second-order valence-corrected chi connectivity index (χ2v) is 5.81. The van der Waals surface area contributed by atoms with Crippen LogP contribution in [0.5, 0.6) is 0 Å². The molecular weight excluding hydrogens is 312 g/mol. The fraction of sp³-hybridized carbons (Fsp3) is 0.600. The van der Waals surface area contributed by atoms with Crippen LogP contribution in [0.15, 0.2) is 16.6 Å². The van der Waals surface area contributed by atoms with Crippen molar-refractivity contribution in [3.8, 4) is 0 Å². The van der Waals surface area contributed by atoms with Crippen molar-refractivity contribution in [2.24, 2.45) is 0 Å². The van der Waals surface area contributed by atoms with Gasteiger partial charge in [0.05, 0.1) is 4.47 Å². The molecule has 19 heavy (non-hydrogen) atoms. The van der Waals surface area contributed by atoms with E-state index in [0.29, 0.717) is 4.47 Å². The molecule has 1 nitrogen and oxygen atoms in total. The Hall–Kier alpha value is -0.480. The van der Waals surface area contributed by atoms with Gasteiger partial charge in [-0.25, -0.2) is 8.78 Å². The van der Waals surface area contributed by atoms with Gasteiger partial charge in [0.25, 0.3) is 0 Å². The molecule has 0 radical (unpaired) electrons. The summed E-state index contributed by atoms with van der Waals surface area (Å²) in [4.78, 5) is 0. The van der Waals surface area contributed by atoms with E-state index in [2.05, 4.69) is 35.1 Å². The third kappa shape index (κ3) is 5.57. The molecule has 0 fully saturated rings. The van der Waals surface area contributed by atoms with Crippen molar-refractivity contribution < 1.29 is 8.78 Å². The van der Waals surface area contributed by atoms with Crippen LogP contribution in [-0.2, 0) is 6.54 Å². The largest absolute Gasteiger partial charge is 0.310 e. The predicted octanol–water partition coefficient (Wildman–Crippen LogP) is 5.18. The standard InChI is InChI=1S/C15H22BrF2N/c1-3-4-5-6-7-11(2)19-10-12-14(17)9-8-13(16)15(12)18/h8-9,11,19H,3-7,10H2,1-2H3. The molecule has 0 aliphatic rings. The quantitative estimate of drug-likeness (QED) is 0.510. The molecule has 1 aromatic carbocycles. The number of hydrogen-bond donors (Lipinski definition) is 1. The van der Waals surface area contributed by atoms with Gasteiger partial charge in [0.1, 0.15) is 11.6 Å². The molecule has 1 aromatic rings. The highest BCUT2D eigenvalue weighted by atomic mass is 79.9. The molecule has 0 bridgehead atoms. The molecule has 0 aromatic heterocycles. The van der Waals surface area contributed by atoms with Crippen molar-refractivity contribution in [1.29, 1.82) is 0 Å². The lowest BCUT2D eigenvalue weighted by Crippen LogP contribution is -2.26. The molecule has 1 N–H and O–H groups in total. The van der Waals surface area contributed by atoms with Gasteiger partial charge in [0.2, 0.25) is 0 Å². The molecule has 0 aliphatic carbocycles. The molecule has 0 saturated heterocycles. The maximum Gasteiger partial charge on any atom is 0.144 e. The minimum absolute atomic E-state index is 0.106. The van der Waals surface area contributed by atoms with Gasteiger partial charge in [-0.05, 0) is 41.4 Å². The van der Waals surface area contributed by atoms with E-state index < -0.39 is 11.6 Å². The summed E-state index contributed by atoms with van der Waals surface area (Å²) in [6, 6.07) is 2.95. The van der Waals surface area contributed by atoms with Crippen molar-refractivity contribution in [2.75, 3.05) is 0 Å². The summed E-state index contributed by atoms with van der Waals surface area (Å²) in [5, 5.41) is 3.18. The highest BCUT2D eigenvalue weighted by Gasteiger charge is 2.12. The molecule has 108 valence electrons. The summed E-state index contributed by atoms with van der Waals surface area (Å²) in [6.45, 7) is 4.46. The molecular formula is C15H22BrF2N. The lowest BCUT2D eigenvalue weighted by molar-refractivity contribution is 0.462. The SMILES string of the molecule is CCCCCCC(C)NCc1c(F)ccc(Br)c1F. The van der Waals surface area contributed by atoms with Gasteiger partial charge >= 0.3 is 0 Å². The zero-order valence-electron chi connectivity index (χ0n) is 11.6. The van der Waals surface area contributed by atoms with E-state index in [-0.39, 0.29) is 18.2 Å². The second-order valence-electron chi connectivity index (χ2n) is 4.95. The lowest BCUT2D eigenvalue weighted by atomic mass is 10.1. The van der Waals surface area contributed by atoms with Crippen molar-refractivity contribution >= 4 is 15.9 Å². The van der Waals surface area contributed by atoms with Crippen LogP contribution < -0.4 is 5.32 Å². The van der Waals surface area contributed by atoms with E-state index in [1.165, 1.54) is 31.4 Å². The monoisotopic (exact) mass is 333 g/mol. The number of hydrogen-bond acceptors (Lipinski definition) is 1. The Kier molecular flexibility index (Phi) is 7.54. The fourth-order valence-electron chi connectivity index (χ4n) is 1.99. The summed E-state index contributed by atoms with van der Waals surface area (Å²) >= 11 is 3.08. The third-order valence-corrected chi connectivity index (χ3v) is 3.87. The van der Waals surface area contributed by atoms with Crippen LogP contribution in [0.25, 0.3) is 0 Å². The summed E-state index contributed by atoms with van der Waals surface area (Å²) in [5.74, 6) is -1.00. The molecule has 0 spiro atoms. The van der Waals surface area contributed by atoms with E-state index in [0.717, 1.165) is 12.8 Å². The molecule has 4 heteroatoms. The minimum Gasteiger partial charge on any atom is -0.310 e. The zero-order chi connectivity index (χ0) is 14.3.